The van der Waals surface area contributed by atoms with E-state index in [1.807, 2.05) is 60.3 Å². The number of nitrogens with zero attached hydrogens (tertiary/aromatic N) is 4. The zero-order valence-electron chi connectivity index (χ0n) is 15.0. The topological polar surface area (TPSA) is 67.1 Å². The third-order valence-electron chi connectivity index (χ3n) is 3.75. The number of rotatable bonds is 6. The molecule has 142 valence electrons. The molecular weight excluding hydrogens is 475 g/mol. The lowest BCUT2D eigenvalue weighted by atomic mass is 10.2. The van der Waals surface area contributed by atoms with E-state index in [1.165, 1.54) is 0 Å². The zero-order valence-corrected chi connectivity index (χ0v) is 18.1. The van der Waals surface area contributed by atoms with Gasteiger partial charge in [-0.1, -0.05) is 35.9 Å². The molecule has 0 radical (unpaired) electrons. The number of imidazole rings is 1. The van der Waals surface area contributed by atoms with E-state index in [1.54, 1.807) is 12.5 Å². The third-order valence-corrected chi connectivity index (χ3v) is 4.11. The van der Waals surface area contributed by atoms with E-state index in [4.69, 9.17) is 11.6 Å². The van der Waals surface area contributed by atoms with Crippen LogP contribution in [0.3, 0.4) is 0 Å². The Balaban J connectivity index is 0.00000261. The van der Waals surface area contributed by atoms with Gasteiger partial charge in [0.05, 0.1) is 6.54 Å². The van der Waals surface area contributed by atoms with Crippen molar-refractivity contribution >= 4 is 41.5 Å². The summed E-state index contributed by atoms with van der Waals surface area (Å²) in [6, 6.07) is 11.7. The van der Waals surface area contributed by atoms with E-state index in [0.29, 0.717) is 13.1 Å². The minimum atomic E-state index is 0. The first-order valence-corrected chi connectivity index (χ1v) is 8.83. The third kappa shape index (κ3) is 6.21. The Kier molecular flexibility index (Phi) is 8.53. The van der Waals surface area contributed by atoms with Crippen molar-refractivity contribution in [3.8, 4) is 5.82 Å². The molecular formula is C19H22ClIN6. The van der Waals surface area contributed by atoms with Gasteiger partial charge in [0.1, 0.15) is 12.1 Å². The summed E-state index contributed by atoms with van der Waals surface area (Å²) in [6.07, 6.45) is 7.15. The molecule has 0 fully saturated rings. The van der Waals surface area contributed by atoms with Gasteiger partial charge in [0.2, 0.25) is 0 Å². The van der Waals surface area contributed by atoms with E-state index in [-0.39, 0.29) is 24.0 Å². The van der Waals surface area contributed by atoms with Gasteiger partial charge in [-0.3, -0.25) is 4.57 Å². The summed E-state index contributed by atoms with van der Waals surface area (Å²) in [6.45, 7) is 3.97. The molecule has 0 saturated heterocycles. The molecule has 2 N–H and O–H groups in total. The second-order valence-electron chi connectivity index (χ2n) is 5.63. The Bertz CT molecular complexity index is 849. The molecule has 1 aromatic carbocycles. The van der Waals surface area contributed by atoms with Crippen LogP contribution in [0.1, 0.15) is 18.1 Å². The van der Waals surface area contributed by atoms with Crippen LogP contribution in [-0.4, -0.2) is 27.0 Å². The highest BCUT2D eigenvalue weighted by Crippen LogP contribution is 2.14. The van der Waals surface area contributed by atoms with Crippen LogP contribution in [-0.2, 0) is 13.1 Å². The van der Waals surface area contributed by atoms with E-state index in [2.05, 4.69) is 25.6 Å². The van der Waals surface area contributed by atoms with Crippen LogP contribution in [0.4, 0.5) is 0 Å². The molecule has 3 rings (SSSR count). The molecule has 0 spiro atoms. The Hall–Kier alpha value is -2.13. The SMILES string of the molecule is CCNC(=NCc1ccc(-n2ccnc2)nc1)NCc1ccccc1Cl.I. The second-order valence-corrected chi connectivity index (χ2v) is 6.04. The summed E-state index contributed by atoms with van der Waals surface area (Å²) in [5.74, 6) is 1.57. The predicted octanol–water partition coefficient (Wildman–Crippen LogP) is 3.79. The molecule has 6 nitrogen and oxygen atoms in total. The fourth-order valence-electron chi connectivity index (χ4n) is 2.39. The average Bonchev–Trinajstić information content (AvgIpc) is 3.20. The molecule has 8 heteroatoms. The average molecular weight is 497 g/mol. The molecule has 0 aliphatic carbocycles. The normalized spacial score (nSPS) is 11.0. The number of hydrogen-bond acceptors (Lipinski definition) is 3. The highest BCUT2D eigenvalue weighted by molar-refractivity contribution is 14.0. The molecule has 0 amide bonds. The van der Waals surface area contributed by atoms with Gasteiger partial charge in [0.25, 0.3) is 0 Å². The Morgan fingerprint density at radius 2 is 2.04 bits per heavy atom. The molecule has 0 saturated carbocycles. The summed E-state index contributed by atoms with van der Waals surface area (Å²) in [5, 5.41) is 7.29. The maximum Gasteiger partial charge on any atom is 0.191 e. The van der Waals surface area contributed by atoms with Crippen molar-refractivity contribution < 1.29 is 0 Å². The summed E-state index contributed by atoms with van der Waals surface area (Å²) >= 11 is 6.20. The summed E-state index contributed by atoms with van der Waals surface area (Å²) < 4.78 is 1.86. The van der Waals surface area contributed by atoms with Crippen molar-refractivity contribution in [1.82, 2.24) is 25.2 Å². The Labute approximate surface area is 181 Å². The van der Waals surface area contributed by atoms with Gasteiger partial charge < -0.3 is 10.6 Å². The van der Waals surface area contributed by atoms with Crippen molar-refractivity contribution in [2.45, 2.75) is 20.0 Å². The van der Waals surface area contributed by atoms with Gasteiger partial charge in [-0.25, -0.2) is 15.0 Å². The van der Waals surface area contributed by atoms with E-state index in [9.17, 15) is 0 Å². The summed E-state index contributed by atoms with van der Waals surface area (Å²) in [5.41, 5.74) is 2.06. The predicted molar refractivity (Wildman–Crippen MR) is 120 cm³/mol. The number of hydrogen-bond donors (Lipinski definition) is 2. The lowest BCUT2D eigenvalue weighted by Crippen LogP contribution is -2.36. The van der Waals surface area contributed by atoms with Gasteiger partial charge in [-0.2, -0.15) is 0 Å². The standard InChI is InChI=1S/C19H21ClN6.HI/c1-2-22-19(25-13-16-5-3-4-6-17(16)20)24-12-15-7-8-18(23-11-15)26-10-9-21-14-26;/h3-11,14H,2,12-13H2,1H3,(H2,22,24,25);1H. The zero-order chi connectivity index (χ0) is 18.2. The maximum atomic E-state index is 6.20. The summed E-state index contributed by atoms with van der Waals surface area (Å²) in [4.78, 5) is 13.1. The van der Waals surface area contributed by atoms with E-state index in [0.717, 1.165) is 34.5 Å². The Morgan fingerprint density at radius 3 is 2.70 bits per heavy atom. The van der Waals surface area contributed by atoms with Crippen LogP contribution in [0, 0.1) is 0 Å². The number of aliphatic imine (C=N–C) groups is 1. The largest absolute Gasteiger partial charge is 0.357 e. The fraction of sp³-hybridized carbons (Fsp3) is 0.211. The second kappa shape index (κ2) is 10.9. The van der Waals surface area contributed by atoms with Crippen LogP contribution < -0.4 is 10.6 Å². The van der Waals surface area contributed by atoms with Crippen molar-refractivity contribution in [1.29, 1.82) is 0 Å². The van der Waals surface area contributed by atoms with Crippen molar-refractivity contribution in [2.24, 2.45) is 4.99 Å². The smallest absolute Gasteiger partial charge is 0.191 e. The maximum absolute atomic E-state index is 6.20. The van der Waals surface area contributed by atoms with Crippen molar-refractivity contribution in [3.05, 3.63) is 77.5 Å². The number of benzene rings is 1. The van der Waals surface area contributed by atoms with Gasteiger partial charge in [0.15, 0.2) is 5.96 Å². The fourth-order valence-corrected chi connectivity index (χ4v) is 2.59. The van der Waals surface area contributed by atoms with E-state index < -0.39 is 0 Å². The molecule has 0 bridgehead atoms. The van der Waals surface area contributed by atoms with Gasteiger partial charge >= 0.3 is 0 Å². The number of guanidine groups is 1. The number of halogens is 2. The molecule has 0 aliphatic heterocycles. The van der Waals surface area contributed by atoms with Gasteiger partial charge in [0, 0.05) is 36.7 Å². The lowest BCUT2D eigenvalue weighted by molar-refractivity contribution is 0.815. The highest BCUT2D eigenvalue weighted by atomic mass is 127. The van der Waals surface area contributed by atoms with Crippen LogP contribution >= 0.6 is 35.6 Å². The minimum absolute atomic E-state index is 0. The summed E-state index contributed by atoms with van der Waals surface area (Å²) in [7, 11) is 0. The first-order chi connectivity index (χ1) is 12.8. The highest BCUT2D eigenvalue weighted by Gasteiger charge is 2.02. The molecule has 0 atom stereocenters. The molecule has 3 aromatic rings. The monoisotopic (exact) mass is 496 g/mol. The van der Waals surface area contributed by atoms with Gasteiger partial charge in [-0.05, 0) is 30.2 Å². The quantitative estimate of drug-likeness (QED) is 0.310. The first kappa shape index (κ1) is 21.2. The van der Waals surface area contributed by atoms with Crippen molar-refractivity contribution in [3.63, 3.8) is 0 Å². The van der Waals surface area contributed by atoms with Crippen LogP contribution in [0.25, 0.3) is 5.82 Å². The Morgan fingerprint density at radius 1 is 1.19 bits per heavy atom. The van der Waals surface area contributed by atoms with Crippen LogP contribution in [0.2, 0.25) is 5.02 Å². The molecule has 0 aliphatic rings. The number of pyridine rings is 1. The molecule has 2 heterocycles. The molecule has 27 heavy (non-hydrogen) atoms. The lowest BCUT2D eigenvalue weighted by Gasteiger charge is -2.12. The van der Waals surface area contributed by atoms with E-state index >= 15 is 0 Å². The van der Waals surface area contributed by atoms with Gasteiger partial charge in [-0.15, -0.1) is 24.0 Å². The van der Waals surface area contributed by atoms with Crippen LogP contribution in [0.5, 0.6) is 0 Å². The first-order valence-electron chi connectivity index (χ1n) is 8.45. The molecule has 2 aromatic heterocycles. The molecule has 0 unspecified atom stereocenters. The number of aromatic nitrogens is 3. The van der Waals surface area contributed by atoms with Crippen molar-refractivity contribution in [2.75, 3.05) is 6.54 Å². The minimum Gasteiger partial charge on any atom is -0.357 e. The number of nitrogens with one attached hydrogen (secondary N) is 2. The van der Waals surface area contributed by atoms with Crippen LogP contribution in [0.15, 0.2) is 66.3 Å².